The zero-order valence-corrected chi connectivity index (χ0v) is 12.8. The van der Waals surface area contributed by atoms with Crippen LogP contribution in [0.5, 0.6) is 0 Å². The second-order valence-electron chi connectivity index (χ2n) is 6.54. The average Bonchev–Trinajstić information content (AvgIpc) is 2.48. The number of hydrogen-bond acceptors (Lipinski definition) is 3. The van der Waals surface area contributed by atoms with Crippen LogP contribution in [-0.2, 0) is 14.3 Å². The highest BCUT2D eigenvalue weighted by Gasteiger charge is 2.45. The number of hydrogen-bond donors (Lipinski definition) is 1. The first-order chi connectivity index (χ1) is 9.93. The fourth-order valence-corrected chi connectivity index (χ4v) is 3.30. The largest absolute Gasteiger partial charge is 0.481 e. The fourth-order valence-electron chi connectivity index (χ4n) is 3.30. The molecule has 21 heavy (non-hydrogen) atoms. The SMILES string of the molecule is C=CCC1(C(=O)N2CCC(C)(C(=O)O)CC2)CCOCC1. The fraction of sp³-hybridized carbons (Fsp3) is 0.750. The summed E-state index contributed by atoms with van der Waals surface area (Å²) in [6.45, 7) is 7.83. The Morgan fingerprint density at radius 2 is 1.81 bits per heavy atom. The molecule has 0 saturated carbocycles. The van der Waals surface area contributed by atoms with E-state index in [1.807, 2.05) is 11.0 Å². The van der Waals surface area contributed by atoms with E-state index in [9.17, 15) is 14.7 Å². The summed E-state index contributed by atoms with van der Waals surface area (Å²) in [5, 5.41) is 9.27. The minimum Gasteiger partial charge on any atom is -0.481 e. The van der Waals surface area contributed by atoms with Crippen molar-refractivity contribution in [3.05, 3.63) is 12.7 Å². The smallest absolute Gasteiger partial charge is 0.309 e. The van der Waals surface area contributed by atoms with E-state index in [0.29, 0.717) is 45.6 Å². The highest BCUT2D eigenvalue weighted by Crippen LogP contribution is 2.39. The Balaban J connectivity index is 2.06. The molecule has 5 nitrogen and oxygen atoms in total. The lowest BCUT2D eigenvalue weighted by molar-refractivity contribution is -0.157. The highest BCUT2D eigenvalue weighted by atomic mass is 16.5. The van der Waals surface area contributed by atoms with Crippen LogP contribution in [0.2, 0.25) is 0 Å². The molecule has 118 valence electrons. The molecule has 0 aromatic heterocycles. The predicted molar refractivity (Wildman–Crippen MR) is 78.9 cm³/mol. The minimum atomic E-state index is -0.763. The summed E-state index contributed by atoms with van der Waals surface area (Å²) in [6, 6.07) is 0. The van der Waals surface area contributed by atoms with Gasteiger partial charge in [0.05, 0.1) is 10.8 Å². The Bertz CT molecular complexity index is 418. The van der Waals surface area contributed by atoms with E-state index < -0.39 is 16.8 Å². The summed E-state index contributed by atoms with van der Waals surface area (Å²) in [5.74, 6) is -0.611. The Morgan fingerprint density at radius 3 is 2.29 bits per heavy atom. The summed E-state index contributed by atoms with van der Waals surface area (Å²) in [5.41, 5.74) is -1.09. The van der Waals surface area contributed by atoms with Crippen LogP contribution in [0, 0.1) is 10.8 Å². The normalized spacial score (nSPS) is 24.3. The van der Waals surface area contributed by atoms with E-state index in [1.54, 1.807) is 6.92 Å². The van der Waals surface area contributed by atoms with Gasteiger partial charge >= 0.3 is 5.97 Å². The lowest BCUT2D eigenvalue weighted by atomic mass is 9.74. The third kappa shape index (κ3) is 3.12. The van der Waals surface area contributed by atoms with Crippen molar-refractivity contribution in [2.45, 2.75) is 39.0 Å². The van der Waals surface area contributed by atoms with Crippen molar-refractivity contribution >= 4 is 11.9 Å². The van der Waals surface area contributed by atoms with Crippen LogP contribution in [0.15, 0.2) is 12.7 Å². The van der Waals surface area contributed by atoms with Crippen molar-refractivity contribution in [2.24, 2.45) is 10.8 Å². The van der Waals surface area contributed by atoms with Crippen LogP contribution in [0.25, 0.3) is 0 Å². The third-order valence-corrected chi connectivity index (χ3v) is 5.11. The number of carboxylic acids is 1. The molecule has 2 rings (SSSR count). The average molecular weight is 295 g/mol. The lowest BCUT2D eigenvalue weighted by Crippen LogP contribution is -2.51. The molecule has 5 heteroatoms. The minimum absolute atomic E-state index is 0.151. The number of carbonyl (C=O) groups excluding carboxylic acids is 1. The standard InChI is InChI=1S/C16H25NO4/c1-3-4-16(7-11-21-12-8-16)13(18)17-9-5-15(2,6-10-17)14(19)20/h3H,1,4-12H2,2H3,(H,19,20). The Hall–Kier alpha value is -1.36. The molecule has 1 amide bonds. The first kappa shape index (κ1) is 16.0. The molecule has 2 saturated heterocycles. The predicted octanol–water partition coefficient (Wildman–Crippen LogP) is 2.07. The number of carboxylic acid groups (broad SMARTS) is 1. The third-order valence-electron chi connectivity index (χ3n) is 5.11. The summed E-state index contributed by atoms with van der Waals surface area (Å²) < 4.78 is 5.39. The van der Waals surface area contributed by atoms with Crippen LogP contribution in [0.4, 0.5) is 0 Å². The van der Waals surface area contributed by atoms with Gasteiger partial charge in [0, 0.05) is 26.3 Å². The Morgan fingerprint density at radius 1 is 1.24 bits per heavy atom. The zero-order valence-electron chi connectivity index (χ0n) is 12.8. The number of aliphatic carboxylic acids is 1. The molecule has 2 fully saturated rings. The molecule has 0 aromatic rings. The van der Waals surface area contributed by atoms with Crippen LogP contribution < -0.4 is 0 Å². The number of piperidine rings is 1. The van der Waals surface area contributed by atoms with E-state index in [-0.39, 0.29) is 5.91 Å². The van der Waals surface area contributed by atoms with Gasteiger partial charge < -0.3 is 14.7 Å². The van der Waals surface area contributed by atoms with Crippen LogP contribution in [0.3, 0.4) is 0 Å². The molecule has 0 spiro atoms. The van der Waals surface area contributed by atoms with Gasteiger partial charge in [-0.05, 0) is 39.0 Å². The van der Waals surface area contributed by atoms with Gasteiger partial charge in [-0.1, -0.05) is 6.08 Å². The second kappa shape index (κ2) is 6.18. The number of likely N-dealkylation sites (tertiary alicyclic amines) is 1. The van der Waals surface area contributed by atoms with Gasteiger partial charge in [-0.25, -0.2) is 0 Å². The van der Waals surface area contributed by atoms with Gasteiger partial charge in [0.15, 0.2) is 0 Å². The van der Waals surface area contributed by atoms with Gasteiger partial charge in [-0.2, -0.15) is 0 Å². The number of amides is 1. The van der Waals surface area contributed by atoms with Crippen molar-refractivity contribution in [3.63, 3.8) is 0 Å². The molecule has 0 unspecified atom stereocenters. The molecule has 2 heterocycles. The van der Waals surface area contributed by atoms with Gasteiger partial charge in [-0.3, -0.25) is 9.59 Å². The summed E-state index contributed by atoms with van der Waals surface area (Å²) >= 11 is 0. The van der Waals surface area contributed by atoms with Crippen LogP contribution in [0.1, 0.15) is 39.0 Å². The molecule has 0 bridgehead atoms. The van der Waals surface area contributed by atoms with Gasteiger partial charge in [0.25, 0.3) is 0 Å². The molecule has 0 aromatic carbocycles. The quantitative estimate of drug-likeness (QED) is 0.806. The Labute approximate surface area is 126 Å². The monoisotopic (exact) mass is 295 g/mol. The summed E-state index contributed by atoms with van der Waals surface area (Å²) in [7, 11) is 0. The van der Waals surface area contributed by atoms with Gasteiger partial charge in [0.2, 0.25) is 5.91 Å². The first-order valence-corrected chi connectivity index (χ1v) is 7.65. The molecule has 0 atom stereocenters. The summed E-state index contributed by atoms with van der Waals surface area (Å²) in [4.78, 5) is 26.1. The molecule has 2 aliphatic heterocycles. The molecular weight excluding hydrogens is 270 g/mol. The number of ether oxygens (including phenoxy) is 1. The van der Waals surface area contributed by atoms with E-state index >= 15 is 0 Å². The van der Waals surface area contributed by atoms with Crippen molar-refractivity contribution < 1.29 is 19.4 Å². The topological polar surface area (TPSA) is 66.8 Å². The number of allylic oxidation sites excluding steroid dienone is 1. The number of rotatable bonds is 4. The van der Waals surface area contributed by atoms with Crippen molar-refractivity contribution in [1.82, 2.24) is 4.90 Å². The Kier molecular flexibility index (Phi) is 4.71. The maximum atomic E-state index is 12.9. The molecule has 1 N–H and O–H groups in total. The van der Waals surface area contributed by atoms with Crippen LogP contribution in [-0.4, -0.2) is 48.2 Å². The zero-order chi connectivity index (χ0) is 15.5. The van der Waals surface area contributed by atoms with E-state index in [0.717, 1.165) is 12.8 Å². The molecular formula is C16H25NO4. The molecule has 2 aliphatic rings. The highest BCUT2D eigenvalue weighted by molar-refractivity contribution is 5.83. The maximum Gasteiger partial charge on any atom is 0.309 e. The van der Waals surface area contributed by atoms with Crippen molar-refractivity contribution in [2.75, 3.05) is 26.3 Å². The van der Waals surface area contributed by atoms with Crippen molar-refractivity contribution in [1.29, 1.82) is 0 Å². The number of carbonyl (C=O) groups is 2. The molecule has 0 radical (unpaired) electrons. The first-order valence-electron chi connectivity index (χ1n) is 7.65. The lowest BCUT2D eigenvalue weighted by Gasteiger charge is -2.43. The van der Waals surface area contributed by atoms with Crippen LogP contribution >= 0.6 is 0 Å². The maximum absolute atomic E-state index is 12.9. The van der Waals surface area contributed by atoms with E-state index in [2.05, 4.69) is 6.58 Å². The summed E-state index contributed by atoms with van der Waals surface area (Å²) in [6.07, 6.45) is 4.98. The van der Waals surface area contributed by atoms with Crippen molar-refractivity contribution in [3.8, 4) is 0 Å². The van der Waals surface area contributed by atoms with E-state index in [4.69, 9.17) is 4.74 Å². The number of nitrogens with zero attached hydrogens (tertiary/aromatic N) is 1. The van der Waals surface area contributed by atoms with Gasteiger partial charge in [0.1, 0.15) is 0 Å². The van der Waals surface area contributed by atoms with E-state index in [1.165, 1.54) is 0 Å². The second-order valence-corrected chi connectivity index (χ2v) is 6.54. The van der Waals surface area contributed by atoms with Gasteiger partial charge in [-0.15, -0.1) is 6.58 Å². The molecule has 0 aliphatic carbocycles.